The van der Waals surface area contributed by atoms with Crippen LogP contribution in [-0.2, 0) is 9.59 Å². The van der Waals surface area contributed by atoms with Crippen LogP contribution < -0.4 is 4.90 Å². The molecule has 3 aromatic rings. The number of rotatable bonds is 4. The number of imide groups is 1. The van der Waals surface area contributed by atoms with Crippen molar-refractivity contribution in [2.24, 2.45) is 11.8 Å². The number of hydrogen-bond donors (Lipinski definition) is 0. The highest BCUT2D eigenvalue weighted by Crippen LogP contribution is 2.53. The second-order valence-corrected chi connectivity index (χ2v) is 9.74. The number of fused-ring (bicyclic) bond motifs is 5. The molecule has 2 aromatic carbocycles. The third-order valence-corrected chi connectivity index (χ3v) is 7.91. The van der Waals surface area contributed by atoms with Gasteiger partial charge in [0.15, 0.2) is 11.6 Å². The van der Waals surface area contributed by atoms with Crippen LogP contribution in [-0.4, -0.2) is 34.3 Å². The molecule has 168 valence electrons. The minimum absolute atomic E-state index is 0.0923. The fourth-order valence-electron chi connectivity index (χ4n) is 5.52. The van der Waals surface area contributed by atoms with Crippen LogP contribution in [0.1, 0.15) is 44.1 Å². The van der Waals surface area contributed by atoms with E-state index in [-0.39, 0.29) is 23.4 Å². The molecule has 0 spiro atoms. The van der Waals surface area contributed by atoms with Crippen LogP contribution >= 0.6 is 11.3 Å². The fourth-order valence-corrected chi connectivity index (χ4v) is 6.22. The topological polar surface area (TPSA) is 74.8 Å². The number of anilines is 1. The summed E-state index contributed by atoms with van der Waals surface area (Å²) >= 11 is 1.34. The molecule has 4 atom stereocenters. The Hall–Kier alpha value is -3.84. The van der Waals surface area contributed by atoms with Gasteiger partial charge in [-0.05, 0) is 59.8 Å². The molecule has 2 saturated heterocycles. The Morgan fingerprint density at radius 1 is 0.882 bits per heavy atom. The van der Waals surface area contributed by atoms with E-state index in [0.29, 0.717) is 16.1 Å². The van der Waals surface area contributed by atoms with Crippen molar-refractivity contribution in [3.05, 3.63) is 93.8 Å². The Balaban J connectivity index is 1.47. The van der Waals surface area contributed by atoms with E-state index >= 15 is 0 Å². The molecule has 2 amide bonds. The molecule has 4 heterocycles. The fraction of sp³-hybridized carbons (Fsp3) is 0.185. The maximum absolute atomic E-state index is 13.8. The number of Topliss-reactive ketones (excluding diaryl/α,β-unsaturated/α-hetero) is 2. The highest BCUT2D eigenvalue weighted by Gasteiger charge is 2.64. The van der Waals surface area contributed by atoms with E-state index in [1.54, 1.807) is 30.3 Å². The average molecular weight is 469 g/mol. The summed E-state index contributed by atoms with van der Waals surface area (Å²) in [6.45, 7) is 1.47. The van der Waals surface area contributed by atoms with Crippen molar-refractivity contribution in [1.82, 2.24) is 4.90 Å². The summed E-state index contributed by atoms with van der Waals surface area (Å²) < 4.78 is 0. The van der Waals surface area contributed by atoms with Crippen molar-refractivity contribution in [2.45, 2.75) is 19.0 Å². The molecule has 6 rings (SSSR count). The van der Waals surface area contributed by atoms with E-state index in [9.17, 15) is 19.2 Å². The molecule has 0 N–H and O–H groups in total. The number of ketones is 2. The van der Waals surface area contributed by atoms with Crippen molar-refractivity contribution in [3.8, 4) is 0 Å². The monoisotopic (exact) mass is 468 g/mol. The Labute approximate surface area is 200 Å². The Bertz CT molecular complexity index is 1380. The molecule has 1 aromatic heterocycles. The second-order valence-electron chi connectivity index (χ2n) is 8.79. The van der Waals surface area contributed by atoms with Crippen molar-refractivity contribution >= 4 is 46.5 Å². The molecule has 0 saturated carbocycles. The summed E-state index contributed by atoms with van der Waals surface area (Å²) in [7, 11) is 0. The molecule has 0 unspecified atom stereocenters. The summed E-state index contributed by atoms with van der Waals surface area (Å²) in [5, 5.41) is 1.84. The Morgan fingerprint density at radius 3 is 2.32 bits per heavy atom. The summed E-state index contributed by atoms with van der Waals surface area (Å²) in [4.78, 5) is 56.6. The molecule has 7 heteroatoms. The maximum atomic E-state index is 13.8. The Morgan fingerprint density at radius 2 is 1.62 bits per heavy atom. The summed E-state index contributed by atoms with van der Waals surface area (Å²) in [6, 6.07) is 16.7. The van der Waals surface area contributed by atoms with Crippen molar-refractivity contribution < 1.29 is 19.2 Å². The lowest BCUT2D eigenvalue weighted by Gasteiger charge is -2.35. The summed E-state index contributed by atoms with van der Waals surface area (Å²) in [5.41, 5.74) is 2.85. The lowest BCUT2D eigenvalue weighted by Crippen LogP contribution is -2.44. The molecule has 0 aliphatic carbocycles. The van der Waals surface area contributed by atoms with Gasteiger partial charge in [-0.15, -0.1) is 11.3 Å². The number of carbonyl (C=O) groups excluding carboxylic acids is 4. The van der Waals surface area contributed by atoms with Crippen LogP contribution in [0.25, 0.3) is 6.08 Å². The smallest absolute Gasteiger partial charge is 0.240 e. The number of benzene rings is 2. The first kappa shape index (κ1) is 20.7. The number of thiophene rings is 1. The predicted octanol–water partition coefficient (Wildman–Crippen LogP) is 4.35. The van der Waals surface area contributed by atoms with E-state index in [4.69, 9.17) is 0 Å². The lowest BCUT2D eigenvalue weighted by molar-refractivity contribution is -0.123. The van der Waals surface area contributed by atoms with Gasteiger partial charge in [-0.1, -0.05) is 30.3 Å². The van der Waals surface area contributed by atoms with Gasteiger partial charge in [0.1, 0.15) is 6.04 Å². The van der Waals surface area contributed by atoms with Crippen LogP contribution in [0.3, 0.4) is 0 Å². The van der Waals surface area contributed by atoms with E-state index in [1.807, 2.05) is 52.9 Å². The number of hydrogen-bond acceptors (Lipinski definition) is 6. The normalized spacial score (nSPS) is 24.7. The van der Waals surface area contributed by atoms with E-state index < -0.39 is 23.9 Å². The molecule has 34 heavy (non-hydrogen) atoms. The molecule has 2 fully saturated rings. The van der Waals surface area contributed by atoms with Crippen molar-refractivity contribution in [2.75, 3.05) is 4.90 Å². The van der Waals surface area contributed by atoms with E-state index in [1.165, 1.54) is 23.2 Å². The standard InChI is InChI=1S/C27H20N2O4S/c1-15(30)16-8-10-18(11-9-16)29-26(32)21-22(27(29)33)24(25(31)20-7-4-14-34-20)28-13-12-17-5-2-3-6-19(17)23(21)28/h2-14,21-24H,1H3/t21-,22+,23+,24-/m0/s1. The van der Waals surface area contributed by atoms with E-state index in [0.717, 1.165) is 11.1 Å². The summed E-state index contributed by atoms with van der Waals surface area (Å²) in [6.07, 6.45) is 3.79. The third kappa shape index (κ3) is 2.86. The minimum atomic E-state index is -0.796. The molecule has 3 aliphatic heterocycles. The molecule has 0 bridgehead atoms. The lowest BCUT2D eigenvalue weighted by atomic mass is 9.84. The number of amides is 2. The molecule has 6 nitrogen and oxygen atoms in total. The van der Waals surface area contributed by atoms with Crippen LogP contribution in [0.2, 0.25) is 0 Å². The molecular weight excluding hydrogens is 448 g/mol. The van der Waals surface area contributed by atoms with Gasteiger partial charge >= 0.3 is 0 Å². The number of carbonyl (C=O) groups is 4. The van der Waals surface area contributed by atoms with Gasteiger partial charge < -0.3 is 4.90 Å². The largest absolute Gasteiger partial charge is 0.358 e. The maximum Gasteiger partial charge on any atom is 0.240 e. The van der Waals surface area contributed by atoms with Crippen LogP contribution in [0.5, 0.6) is 0 Å². The van der Waals surface area contributed by atoms with Crippen molar-refractivity contribution in [1.29, 1.82) is 0 Å². The zero-order valence-corrected chi connectivity index (χ0v) is 19.1. The van der Waals surface area contributed by atoms with Gasteiger partial charge in [0.2, 0.25) is 11.8 Å². The van der Waals surface area contributed by atoms with Crippen LogP contribution in [0, 0.1) is 11.8 Å². The predicted molar refractivity (Wildman–Crippen MR) is 128 cm³/mol. The average Bonchev–Trinajstić information content (AvgIpc) is 3.55. The highest BCUT2D eigenvalue weighted by atomic mass is 32.1. The molecule has 0 radical (unpaired) electrons. The molecule has 3 aliphatic rings. The third-order valence-electron chi connectivity index (χ3n) is 7.03. The van der Waals surface area contributed by atoms with Gasteiger partial charge in [-0.3, -0.25) is 19.2 Å². The second kappa shape index (κ2) is 7.60. The first-order chi connectivity index (χ1) is 16.5. The first-order valence-electron chi connectivity index (χ1n) is 11.1. The van der Waals surface area contributed by atoms with Crippen LogP contribution in [0.15, 0.2) is 72.2 Å². The highest BCUT2D eigenvalue weighted by molar-refractivity contribution is 7.12. The molecular formula is C27H20N2O4S. The number of nitrogens with zero attached hydrogens (tertiary/aromatic N) is 2. The van der Waals surface area contributed by atoms with Gasteiger partial charge in [0, 0.05) is 11.8 Å². The van der Waals surface area contributed by atoms with E-state index in [2.05, 4.69) is 0 Å². The quantitative estimate of drug-likeness (QED) is 0.420. The zero-order valence-electron chi connectivity index (χ0n) is 18.3. The van der Waals surface area contributed by atoms with Crippen LogP contribution in [0.4, 0.5) is 5.69 Å². The van der Waals surface area contributed by atoms with Gasteiger partial charge in [0.25, 0.3) is 0 Å². The Kier molecular flexibility index (Phi) is 4.64. The van der Waals surface area contributed by atoms with Gasteiger partial charge in [-0.25, -0.2) is 4.90 Å². The first-order valence-corrected chi connectivity index (χ1v) is 12.0. The summed E-state index contributed by atoms with van der Waals surface area (Å²) in [5.74, 6) is -2.40. The van der Waals surface area contributed by atoms with Gasteiger partial charge in [-0.2, -0.15) is 0 Å². The van der Waals surface area contributed by atoms with Gasteiger partial charge in [0.05, 0.1) is 28.4 Å². The van der Waals surface area contributed by atoms with Crippen molar-refractivity contribution in [3.63, 3.8) is 0 Å². The zero-order chi connectivity index (χ0) is 23.6. The SMILES string of the molecule is CC(=O)c1ccc(N2C(=O)[C@@H]3[C@H](C2=O)[C@H]2c4ccccc4C=CN2[C@@H]3C(=O)c2cccs2)cc1. The minimum Gasteiger partial charge on any atom is -0.358 e.